The van der Waals surface area contributed by atoms with E-state index in [0.717, 1.165) is 50.0 Å². The van der Waals surface area contributed by atoms with Crippen LogP contribution in [0.1, 0.15) is 17.0 Å². The molecule has 0 spiro atoms. The van der Waals surface area contributed by atoms with Crippen LogP contribution in [0.15, 0.2) is 28.9 Å². The van der Waals surface area contributed by atoms with Crippen LogP contribution < -0.4 is 4.90 Å². The van der Waals surface area contributed by atoms with Gasteiger partial charge in [0, 0.05) is 45.0 Å². The van der Waals surface area contributed by atoms with E-state index in [1.165, 1.54) is 0 Å². The minimum absolute atomic E-state index is 0.636. The van der Waals surface area contributed by atoms with Gasteiger partial charge in [-0.05, 0) is 30.9 Å². The van der Waals surface area contributed by atoms with E-state index in [1.54, 1.807) is 6.20 Å². The number of fused-ring (bicyclic) bond motifs is 1. The van der Waals surface area contributed by atoms with E-state index >= 15 is 0 Å². The van der Waals surface area contributed by atoms with E-state index < -0.39 is 0 Å². The number of rotatable bonds is 3. The number of hydrogen-bond donors (Lipinski definition) is 0. The van der Waals surface area contributed by atoms with Gasteiger partial charge in [-0.25, -0.2) is 4.98 Å². The molecule has 2 aliphatic rings. The standard InChI is InChI=1S/C17H19N5O/c1-12-5-16(20-23-12)11-21-7-14-9-22(10-15(14)8-21)17-13(6-18)3-2-4-19-17/h2-5,14-15H,7-11H2,1H3. The Balaban J connectivity index is 1.41. The van der Waals surface area contributed by atoms with Crippen LogP contribution in [-0.2, 0) is 6.54 Å². The summed E-state index contributed by atoms with van der Waals surface area (Å²) in [5, 5.41) is 13.3. The van der Waals surface area contributed by atoms with Crippen molar-refractivity contribution in [1.29, 1.82) is 5.26 Å². The Morgan fingerprint density at radius 1 is 1.30 bits per heavy atom. The lowest BCUT2D eigenvalue weighted by molar-refractivity contribution is 0.294. The molecule has 6 heteroatoms. The molecule has 0 amide bonds. The highest BCUT2D eigenvalue weighted by atomic mass is 16.5. The zero-order valence-electron chi connectivity index (χ0n) is 13.1. The Morgan fingerprint density at radius 3 is 2.74 bits per heavy atom. The van der Waals surface area contributed by atoms with Crippen molar-refractivity contribution in [2.75, 3.05) is 31.1 Å². The molecule has 2 aliphatic heterocycles. The molecule has 118 valence electrons. The van der Waals surface area contributed by atoms with Crippen molar-refractivity contribution in [2.45, 2.75) is 13.5 Å². The molecule has 2 fully saturated rings. The summed E-state index contributed by atoms with van der Waals surface area (Å²) in [4.78, 5) is 9.14. The van der Waals surface area contributed by atoms with Gasteiger partial charge in [-0.3, -0.25) is 4.90 Å². The molecule has 0 bridgehead atoms. The summed E-state index contributed by atoms with van der Waals surface area (Å²) >= 11 is 0. The van der Waals surface area contributed by atoms with Gasteiger partial charge in [0.1, 0.15) is 17.6 Å². The Morgan fingerprint density at radius 2 is 2.09 bits per heavy atom. The van der Waals surface area contributed by atoms with Gasteiger partial charge in [-0.15, -0.1) is 0 Å². The lowest BCUT2D eigenvalue weighted by Gasteiger charge is -2.22. The van der Waals surface area contributed by atoms with E-state index in [2.05, 4.69) is 26.0 Å². The fourth-order valence-corrected chi connectivity index (χ4v) is 3.85. The molecule has 2 saturated heterocycles. The molecule has 0 saturated carbocycles. The van der Waals surface area contributed by atoms with Gasteiger partial charge in [0.2, 0.25) is 0 Å². The fraction of sp³-hybridized carbons (Fsp3) is 0.471. The van der Waals surface area contributed by atoms with Gasteiger partial charge in [-0.2, -0.15) is 5.26 Å². The van der Waals surface area contributed by atoms with Crippen LogP contribution in [0.5, 0.6) is 0 Å². The van der Waals surface area contributed by atoms with Crippen LogP contribution in [0.4, 0.5) is 5.82 Å². The highest BCUT2D eigenvalue weighted by Crippen LogP contribution is 2.34. The second kappa shape index (κ2) is 5.67. The minimum Gasteiger partial charge on any atom is -0.361 e. The van der Waals surface area contributed by atoms with Crippen LogP contribution in [0, 0.1) is 30.1 Å². The number of nitriles is 1. The summed E-state index contributed by atoms with van der Waals surface area (Å²) in [6, 6.07) is 7.92. The maximum atomic E-state index is 9.25. The molecule has 2 atom stereocenters. The molecule has 4 rings (SSSR count). The zero-order chi connectivity index (χ0) is 15.8. The normalized spacial score (nSPS) is 23.9. The maximum Gasteiger partial charge on any atom is 0.146 e. The molecule has 0 aromatic carbocycles. The number of pyridine rings is 1. The van der Waals surface area contributed by atoms with Crippen molar-refractivity contribution in [2.24, 2.45) is 11.8 Å². The molecular weight excluding hydrogens is 290 g/mol. The molecule has 0 N–H and O–H groups in total. The molecular formula is C17H19N5O. The maximum absolute atomic E-state index is 9.25. The summed E-state index contributed by atoms with van der Waals surface area (Å²) in [6.07, 6.45) is 1.77. The third-order valence-electron chi connectivity index (χ3n) is 4.83. The van der Waals surface area contributed by atoms with Gasteiger partial charge < -0.3 is 9.42 Å². The smallest absolute Gasteiger partial charge is 0.146 e. The summed E-state index contributed by atoms with van der Waals surface area (Å²) in [7, 11) is 0. The lowest BCUT2D eigenvalue weighted by atomic mass is 10.0. The molecule has 2 aromatic heterocycles. The highest BCUT2D eigenvalue weighted by molar-refractivity contribution is 5.54. The lowest BCUT2D eigenvalue weighted by Crippen LogP contribution is -2.29. The number of anilines is 1. The third-order valence-corrected chi connectivity index (χ3v) is 4.83. The van der Waals surface area contributed by atoms with E-state index in [4.69, 9.17) is 4.52 Å². The van der Waals surface area contributed by atoms with E-state index in [0.29, 0.717) is 17.4 Å². The zero-order valence-corrected chi connectivity index (χ0v) is 13.1. The van der Waals surface area contributed by atoms with Gasteiger partial charge in [0.15, 0.2) is 0 Å². The number of likely N-dealkylation sites (tertiary alicyclic amines) is 1. The topological polar surface area (TPSA) is 69.2 Å². The van der Waals surface area contributed by atoms with E-state index in [9.17, 15) is 5.26 Å². The van der Waals surface area contributed by atoms with E-state index in [1.807, 2.05) is 25.1 Å². The Hall–Kier alpha value is -2.39. The SMILES string of the molecule is Cc1cc(CN2CC3CN(c4ncccc4C#N)CC3C2)no1. The molecule has 2 aromatic rings. The molecule has 23 heavy (non-hydrogen) atoms. The fourth-order valence-electron chi connectivity index (χ4n) is 3.85. The Kier molecular flexibility index (Phi) is 3.50. The molecule has 6 nitrogen and oxygen atoms in total. The number of nitrogens with zero attached hydrogens (tertiary/aromatic N) is 5. The first-order chi connectivity index (χ1) is 11.2. The summed E-state index contributed by atoms with van der Waals surface area (Å²) in [5.74, 6) is 2.97. The average Bonchev–Trinajstić information content (AvgIpc) is 3.22. The predicted molar refractivity (Wildman–Crippen MR) is 84.7 cm³/mol. The predicted octanol–water partition coefficient (Wildman–Crippen LogP) is 1.82. The molecule has 2 unspecified atom stereocenters. The molecule has 0 radical (unpaired) electrons. The van der Waals surface area contributed by atoms with Crippen molar-refractivity contribution in [3.05, 3.63) is 41.4 Å². The summed E-state index contributed by atoms with van der Waals surface area (Å²) in [5.41, 5.74) is 1.68. The first-order valence-corrected chi connectivity index (χ1v) is 7.97. The average molecular weight is 309 g/mol. The Labute approximate surface area is 135 Å². The van der Waals surface area contributed by atoms with Crippen LogP contribution in [0.25, 0.3) is 0 Å². The summed E-state index contributed by atoms with van der Waals surface area (Å²) in [6.45, 7) is 6.88. The number of aryl methyl sites for hydroxylation is 1. The van der Waals surface area contributed by atoms with Gasteiger partial charge in [0.25, 0.3) is 0 Å². The van der Waals surface area contributed by atoms with Crippen molar-refractivity contribution in [3.63, 3.8) is 0 Å². The van der Waals surface area contributed by atoms with Crippen LogP contribution in [0.2, 0.25) is 0 Å². The van der Waals surface area contributed by atoms with Gasteiger partial charge in [0.05, 0.1) is 11.3 Å². The minimum atomic E-state index is 0.636. The van der Waals surface area contributed by atoms with Crippen LogP contribution in [-0.4, -0.2) is 41.2 Å². The second-order valence-corrected chi connectivity index (χ2v) is 6.53. The molecule has 0 aliphatic carbocycles. The van der Waals surface area contributed by atoms with E-state index in [-0.39, 0.29) is 0 Å². The van der Waals surface area contributed by atoms with Crippen LogP contribution in [0.3, 0.4) is 0 Å². The van der Waals surface area contributed by atoms with Crippen molar-refractivity contribution >= 4 is 5.82 Å². The summed E-state index contributed by atoms with van der Waals surface area (Å²) < 4.78 is 5.15. The largest absolute Gasteiger partial charge is 0.361 e. The van der Waals surface area contributed by atoms with Gasteiger partial charge >= 0.3 is 0 Å². The first kappa shape index (κ1) is 14.2. The quantitative estimate of drug-likeness (QED) is 0.861. The third kappa shape index (κ3) is 2.68. The Bertz CT molecular complexity index is 735. The van der Waals surface area contributed by atoms with Gasteiger partial charge in [-0.1, -0.05) is 5.16 Å². The number of hydrogen-bond acceptors (Lipinski definition) is 6. The first-order valence-electron chi connectivity index (χ1n) is 7.97. The monoisotopic (exact) mass is 309 g/mol. The number of aromatic nitrogens is 2. The highest BCUT2D eigenvalue weighted by Gasteiger charge is 2.40. The van der Waals surface area contributed by atoms with Crippen molar-refractivity contribution in [1.82, 2.24) is 15.0 Å². The van der Waals surface area contributed by atoms with Crippen molar-refractivity contribution in [3.8, 4) is 6.07 Å². The second-order valence-electron chi connectivity index (χ2n) is 6.53. The van der Waals surface area contributed by atoms with Crippen molar-refractivity contribution < 1.29 is 4.52 Å². The molecule has 4 heterocycles. The van der Waals surface area contributed by atoms with Crippen LogP contribution >= 0.6 is 0 Å².